The lowest BCUT2D eigenvalue weighted by atomic mass is 10.0. The number of ether oxygens (including phenoxy) is 1. The third kappa shape index (κ3) is 4.26. The molecule has 1 amide bonds. The van der Waals surface area contributed by atoms with E-state index in [1.165, 1.54) is 0 Å². The van der Waals surface area contributed by atoms with E-state index in [-0.39, 0.29) is 17.9 Å². The third-order valence-electron chi connectivity index (χ3n) is 3.45. The standard InChI is InChI=1S/C12H24N2O3/c1-3-8(2)10(15)7-14-12(16)11-5-4-9(6-13)17-11/h8-11,15H,3-7,13H2,1-2H3,(H,14,16)/t8?,9-,10?,11+/m1/s1. The first kappa shape index (κ1) is 14.4. The molecule has 100 valence electrons. The first-order valence-electron chi connectivity index (χ1n) is 6.39. The fourth-order valence-corrected chi connectivity index (χ4v) is 1.86. The highest BCUT2D eigenvalue weighted by Crippen LogP contribution is 2.18. The summed E-state index contributed by atoms with van der Waals surface area (Å²) in [6, 6.07) is 0. The minimum Gasteiger partial charge on any atom is -0.391 e. The summed E-state index contributed by atoms with van der Waals surface area (Å²) < 4.78 is 5.47. The Bertz CT molecular complexity index is 248. The summed E-state index contributed by atoms with van der Waals surface area (Å²) in [5.74, 6) is 0.0555. The fourth-order valence-electron chi connectivity index (χ4n) is 1.86. The molecule has 1 heterocycles. The average Bonchev–Trinajstić information content (AvgIpc) is 2.83. The molecule has 4 atom stereocenters. The number of carbonyl (C=O) groups excluding carboxylic acids is 1. The van der Waals surface area contributed by atoms with Crippen LogP contribution in [0.25, 0.3) is 0 Å². The van der Waals surface area contributed by atoms with Crippen LogP contribution in [0.2, 0.25) is 0 Å². The molecule has 0 aromatic heterocycles. The molecule has 1 fully saturated rings. The Labute approximate surface area is 103 Å². The van der Waals surface area contributed by atoms with Crippen molar-refractivity contribution in [1.82, 2.24) is 5.32 Å². The van der Waals surface area contributed by atoms with Crippen LogP contribution in [-0.4, -0.2) is 42.4 Å². The lowest BCUT2D eigenvalue weighted by Gasteiger charge is -2.19. The molecule has 0 bridgehead atoms. The maximum atomic E-state index is 11.7. The second-order valence-electron chi connectivity index (χ2n) is 4.76. The van der Waals surface area contributed by atoms with Crippen LogP contribution in [0, 0.1) is 5.92 Å². The van der Waals surface area contributed by atoms with Gasteiger partial charge in [-0.1, -0.05) is 20.3 Å². The molecule has 2 unspecified atom stereocenters. The van der Waals surface area contributed by atoms with Crippen molar-refractivity contribution in [2.75, 3.05) is 13.1 Å². The summed E-state index contributed by atoms with van der Waals surface area (Å²) in [4.78, 5) is 11.7. The van der Waals surface area contributed by atoms with E-state index in [2.05, 4.69) is 5.32 Å². The molecule has 0 aliphatic carbocycles. The number of rotatable bonds is 6. The highest BCUT2D eigenvalue weighted by Gasteiger charge is 2.30. The van der Waals surface area contributed by atoms with E-state index in [1.54, 1.807) is 0 Å². The van der Waals surface area contributed by atoms with Gasteiger partial charge < -0.3 is 20.9 Å². The van der Waals surface area contributed by atoms with Crippen LogP contribution < -0.4 is 11.1 Å². The van der Waals surface area contributed by atoms with Gasteiger partial charge in [-0.25, -0.2) is 0 Å². The Kier molecular flexibility index (Phi) is 5.88. The van der Waals surface area contributed by atoms with E-state index in [4.69, 9.17) is 10.5 Å². The van der Waals surface area contributed by atoms with E-state index in [1.807, 2.05) is 13.8 Å². The van der Waals surface area contributed by atoms with Gasteiger partial charge in [0.15, 0.2) is 0 Å². The van der Waals surface area contributed by atoms with E-state index in [0.717, 1.165) is 12.8 Å². The average molecular weight is 244 g/mol. The summed E-state index contributed by atoms with van der Waals surface area (Å²) in [6.45, 7) is 4.73. The van der Waals surface area contributed by atoms with Crippen LogP contribution in [0.4, 0.5) is 0 Å². The molecule has 1 aliphatic heterocycles. The Balaban J connectivity index is 2.26. The van der Waals surface area contributed by atoms with Crippen molar-refractivity contribution in [2.45, 2.75) is 51.4 Å². The maximum Gasteiger partial charge on any atom is 0.249 e. The largest absolute Gasteiger partial charge is 0.391 e. The van der Waals surface area contributed by atoms with Crippen molar-refractivity contribution in [3.8, 4) is 0 Å². The molecule has 5 nitrogen and oxygen atoms in total. The second-order valence-corrected chi connectivity index (χ2v) is 4.76. The van der Waals surface area contributed by atoms with Crippen LogP contribution in [0.5, 0.6) is 0 Å². The Morgan fingerprint density at radius 3 is 2.82 bits per heavy atom. The molecule has 0 aromatic carbocycles. The van der Waals surface area contributed by atoms with E-state index >= 15 is 0 Å². The van der Waals surface area contributed by atoms with Gasteiger partial charge in [0, 0.05) is 13.1 Å². The fraction of sp³-hybridized carbons (Fsp3) is 0.917. The normalized spacial score (nSPS) is 27.8. The van der Waals surface area contributed by atoms with Crippen molar-refractivity contribution in [1.29, 1.82) is 0 Å². The number of nitrogens with one attached hydrogen (secondary N) is 1. The van der Waals surface area contributed by atoms with Gasteiger partial charge in [0.1, 0.15) is 6.10 Å². The second kappa shape index (κ2) is 6.93. The first-order valence-corrected chi connectivity index (χ1v) is 6.39. The Hall–Kier alpha value is -0.650. The number of carbonyl (C=O) groups is 1. The van der Waals surface area contributed by atoms with Gasteiger partial charge in [-0.3, -0.25) is 4.79 Å². The summed E-state index contributed by atoms with van der Waals surface area (Å²) in [7, 11) is 0. The summed E-state index contributed by atoms with van der Waals surface area (Å²) in [5.41, 5.74) is 5.48. The number of aliphatic hydroxyl groups is 1. The van der Waals surface area contributed by atoms with Gasteiger partial charge in [0.2, 0.25) is 5.91 Å². The van der Waals surface area contributed by atoms with E-state index in [0.29, 0.717) is 19.5 Å². The number of aliphatic hydroxyl groups excluding tert-OH is 1. The first-order chi connectivity index (χ1) is 8.08. The predicted molar refractivity (Wildman–Crippen MR) is 65.4 cm³/mol. The quantitative estimate of drug-likeness (QED) is 0.615. The Morgan fingerprint density at radius 2 is 2.29 bits per heavy atom. The van der Waals surface area contributed by atoms with Crippen LogP contribution in [0.15, 0.2) is 0 Å². The smallest absolute Gasteiger partial charge is 0.249 e. The number of nitrogens with two attached hydrogens (primary N) is 1. The number of hydrogen-bond acceptors (Lipinski definition) is 4. The monoisotopic (exact) mass is 244 g/mol. The van der Waals surface area contributed by atoms with E-state index < -0.39 is 12.2 Å². The van der Waals surface area contributed by atoms with Crippen molar-refractivity contribution in [3.63, 3.8) is 0 Å². The molecular formula is C12H24N2O3. The van der Waals surface area contributed by atoms with E-state index in [9.17, 15) is 9.90 Å². The van der Waals surface area contributed by atoms with Crippen molar-refractivity contribution in [2.24, 2.45) is 11.7 Å². The molecule has 4 N–H and O–H groups in total. The van der Waals surface area contributed by atoms with Gasteiger partial charge in [0.25, 0.3) is 0 Å². The van der Waals surface area contributed by atoms with Crippen molar-refractivity contribution in [3.05, 3.63) is 0 Å². The highest BCUT2D eigenvalue weighted by molar-refractivity contribution is 5.81. The number of hydrogen-bond donors (Lipinski definition) is 3. The molecule has 0 aromatic rings. The Morgan fingerprint density at radius 1 is 1.59 bits per heavy atom. The zero-order chi connectivity index (χ0) is 12.8. The van der Waals surface area contributed by atoms with Gasteiger partial charge >= 0.3 is 0 Å². The third-order valence-corrected chi connectivity index (χ3v) is 3.45. The summed E-state index contributed by atoms with van der Waals surface area (Å²) in [6.07, 6.45) is 1.57. The van der Waals surface area contributed by atoms with Gasteiger partial charge in [0.05, 0.1) is 12.2 Å². The molecule has 0 saturated carbocycles. The van der Waals surface area contributed by atoms with Crippen LogP contribution in [0.1, 0.15) is 33.1 Å². The summed E-state index contributed by atoms with van der Waals surface area (Å²) in [5, 5.41) is 12.5. The van der Waals surface area contributed by atoms with Gasteiger partial charge in [-0.15, -0.1) is 0 Å². The molecular weight excluding hydrogens is 220 g/mol. The van der Waals surface area contributed by atoms with Gasteiger partial charge in [-0.2, -0.15) is 0 Å². The van der Waals surface area contributed by atoms with Crippen LogP contribution >= 0.6 is 0 Å². The minimum atomic E-state index is -0.490. The maximum absolute atomic E-state index is 11.7. The molecule has 5 heteroatoms. The lowest BCUT2D eigenvalue weighted by molar-refractivity contribution is -0.132. The molecule has 1 aliphatic rings. The highest BCUT2D eigenvalue weighted by atomic mass is 16.5. The summed E-state index contributed by atoms with van der Waals surface area (Å²) >= 11 is 0. The molecule has 0 spiro atoms. The number of amides is 1. The lowest BCUT2D eigenvalue weighted by Crippen LogP contribution is -2.41. The molecule has 1 saturated heterocycles. The SMILES string of the molecule is CCC(C)C(O)CNC(=O)[C@@H]1CC[C@H](CN)O1. The van der Waals surface area contributed by atoms with Crippen molar-refractivity contribution >= 4 is 5.91 Å². The zero-order valence-electron chi connectivity index (χ0n) is 10.7. The van der Waals surface area contributed by atoms with Crippen LogP contribution in [-0.2, 0) is 9.53 Å². The van der Waals surface area contributed by atoms with Gasteiger partial charge in [-0.05, 0) is 18.8 Å². The zero-order valence-corrected chi connectivity index (χ0v) is 10.7. The molecule has 1 rings (SSSR count). The molecule has 17 heavy (non-hydrogen) atoms. The minimum absolute atomic E-state index is 0.00485. The topological polar surface area (TPSA) is 84.6 Å². The predicted octanol–water partition coefficient (Wildman–Crippen LogP) is 0.0159. The van der Waals surface area contributed by atoms with Crippen LogP contribution in [0.3, 0.4) is 0 Å². The van der Waals surface area contributed by atoms with Crippen molar-refractivity contribution < 1.29 is 14.6 Å². The molecule has 0 radical (unpaired) electrons.